The van der Waals surface area contributed by atoms with Crippen LogP contribution >= 0.6 is 0 Å². The second kappa shape index (κ2) is 9.72. The molecule has 0 spiro atoms. The number of nitrogens with one attached hydrogen (secondary N) is 1. The van der Waals surface area contributed by atoms with E-state index < -0.39 is 19.9 Å². The van der Waals surface area contributed by atoms with Crippen LogP contribution in [0, 0.1) is 0 Å². The van der Waals surface area contributed by atoms with Gasteiger partial charge in [0.05, 0.1) is 15.8 Å². The van der Waals surface area contributed by atoms with Gasteiger partial charge in [-0.3, -0.25) is 4.79 Å². The van der Waals surface area contributed by atoms with E-state index in [1.54, 1.807) is 43.4 Å². The van der Waals surface area contributed by atoms with Crippen molar-refractivity contribution in [2.45, 2.75) is 55.4 Å². The van der Waals surface area contributed by atoms with E-state index >= 15 is 0 Å². The quantitative estimate of drug-likeness (QED) is 0.625. The Balaban J connectivity index is 1.96. The lowest BCUT2D eigenvalue weighted by molar-refractivity contribution is -0.131. The molecule has 1 unspecified atom stereocenters. The Morgan fingerprint density at radius 3 is 1.91 bits per heavy atom. The van der Waals surface area contributed by atoms with E-state index in [1.807, 2.05) is 6.92 Å². The number of hydrogen-bond acceptors (Lipinski definition) is 5. The van der Waals surface area contributed by atoms with Crippen molar-refractivity contribution in [3.8, 4) is 0 Å². The van der Waals surface area contributed by atoms with Crippen molar-refractivity contribution in [3.05, 3.63) is 59.7 Å². The van der Waals surface area contributed by atoms with Gasteiger partial charge in [0.15, 0.2) is 9.84 Å². The lowest BCUT2D eigenvalue weighted by Gasteiger charge is -2.25. The summed E-state index contributed by atoms with van der Waals surface area (Å²) in [4.78, 5) is 14.4. The third kappa shape index (κ3) is 6.63. The summed E-state index contributed by atoms with van der Waals surface area (Å²) in [5, 5.41) is 0. The molecule has 9 heteroatoms. The van der Waals surface area contributed by atoms with E-state index in [9.17, 15) is 21.6 Å². The third-order valence-corrected chi connectivity index (χ3v) is 8.03. The van der Waals surface area contributed by atoms with E-state index in [4.69, 9.17) is 0 Å². The fourth-order valence-electron chi connectivity index (χ4n) is 3.12. The molecule has 1 N–H and O–H groups in total. The summed E-state index contributed by atoms with van der Waals surface area (Å²) in [5.74, 6) is -0.226. The number of hydrogen-bond donors (Lipinski definition) is 1. The van der Waals surface area contributed by atoms with Crippen molar-refractivity contribution in [2.24, 2.45) is 0 Å². The van der Waals surface area contributed by atoms with Gasteiger partial charge in [-0.25, -0.2) is 21.6 Å². The van der Waals surface area contributed by atoms with Crippen LogP contribution in [0.25, 0.3) is 0 Å². The molecule has 1 amide bonds. The molecule has 0 heterocycles. The molecule has 1 atom stereocenters. The lowest BCUT2D eigenvalue weighted by Crippen LogP contribution is -2.33. The summed E-state index contributed by atoms with van der Waals surface area (Å²) >= 11 is 0. The van der Waals surface area contributed by atoms with Crippen LogP contribution in [0.4, 0.5) is 0 Å². The van der Waals surface area contributed by atoms with Gasteiger partial charge >= 0.3 is 0 Å². The first-order valence-electron chi connectivity index (χ1n) is 10.3. The minimum atomic E-state index is -3.71. The van der Waals surface area contributed by atoms with Gasteiger partial charge in [0, 0.05) is 26.3 Å². The van der Waals surface area contributed by atoms with E-state index in [0.717, 1.165) is 17.4 Å². The Labute approximate surface area is 191 Å². The average molecular weight is 481 g/mol. The number of benzene rings is 2. The average Bonchev–Trinajstić information content (AvgIpc) is 2.71. The monoisotopic (exact) mass is 480 g/mol. The maximum Gasteiger partial charge on any atom is 0.240 e. The molecule has 2 rings (SSSR count). The molecule has 0 aromatic heterocycles. The van der Waals surface area contributed by atoms with Crippen LogP contribution in [0.3, 0.4) is 0 Å². The molecule has 32 heavy (non-hydrogen) atoms. The van der Waals surface area contributed by atoms with Crippen molar-refractivity contribution >= 4 is 25.8 Å². The van der Waals surface area contributed by atoms with Crippen molar-refractivity contribution in [3.63, 3.8) is 0 Å². The maximum absolute atomic E-state index is 12.6. The van der Waals surface area contributed by atoms with Gasteiger partial charge in [0.2, 0.25) is 15.9 Å². The van der Waals surface area contributed by atoms with Crippen LogP contribution in [0.5, 0.6) is 0 Å². The molecule has 0 saturated heterocycles. The smallest absolute Gasteiger partial charge is 0.240 e. The van der Waals surface area contributed by atoms with Crippen LogP contribution in [-0.4, -0.2) is 47.5 Å². The first kappa shape index (κ1) is 26.0. The fraction of sp³-hybridized carbons (Fsp3) is 0.435. The van der Waals surface area contributed by atoms with Gasteiger partial charge in [-0.05, 0) is 47.7 Å². The Bertz CT molecular complexity index is 1150. The van der Waals surface area contributed by atoms with E-state index in [1.165, 1.54) is 17.0 Å². The third-order valence-electron chi connectivity index (χ3n) is 5.43. The Hall–Kier alpha value is -2.23. The highest BCUT2D eigenvalue weighted by atomic mass is 32.2. The SMILES string of the molecule is CC(c1ccc(S(C)(=O)=O)cc1)N(C)C(=O)CCNS(=O)(=O)c1ccc(C(C)(C)C)cc1. The summed E-state index contributed by atoms with van der Waals surface area (Å²) < 4.78 is 50.7. The molecule has 7 nitrogen and oxygen atoms in total. The van der Waals surface area contributed by atoms with Crippen molar-refractivity contribution in [2.75, 3.05) is 19.8 Å². The second-order valence-corrected chi connectivity index (χ2v) is 12.7. The minimum Gasteiger partial charge on any atom is -0.339 e. The van der Waals surface area contributed by atoms with Crippen molar-refractivity contribution in [1.29, 1.82) is 0 Å². The zero-order chi connectivity index (χ0) is 24.3. The molecular weight excluding hydrogens is 448 g/mol. The fourth-order valence-corrected chi connectivity index (χ4v) is 4.78. The summed E-state index contributed by atoms with van der Waals surface area (Å²) in [7, 11) is -5.36. The van der Waals surface area contributed by atoms with Crippen LogP contribution in [0.15, 0.2) is 58.3 Å². The van der Waals surface area contributed by atoms with Crippen molar-refractivity contribution < 1.29 is 21.6 Å². The summed E-state index contributed by atoms with van der Waals surface area (Å²) in [6.45, 7) is 7.97. The van der Waals surface area contributed by atoms with E-state index in [2.05, 4.69) is 25.5 Å². The van der Waals surface area contributed by atoms with Crippen LogP contribution in [0.1, 0.15) is 51.3 Å². The largest absolute Gasteiger partial charge is 0.339 e. The number of sulfone groups is 1. The normalized spacial score (nSPS) is 13.6. The first-order valence-corrected chi connectivity index (χ1v) is 13.7. The van der Waals surface area contributed by atoms with Gasteiger partial charge in [0.25, 0.3) is 0 Å². The Morgan fingerprint density at radius 2 is 1.44 bits per heavy atom. The number of carbonyl (C=O) groups is 1. The number of amides is 1. The molecule has 2 aromatic carbocycles. The maximum atomic E-state index is 12.6. The zero-order valence-electron chi connectivity index (χ0n) is 19.4. The topological polar surface area (TPSA) is 101 Å². The molecule has 0 aliphatic rings. The highest BCUT2D eigenvalue weighted by Crippen LogP contribution is 2.24. The number of sulfonamides is 1. The number of carbonyl (C=O) groups excluding carboxylic acids is 1. The molecule has 0 radical (unpaired) electrons. The predicted octanol–water partition coefficient (Wildman–Crippen LogP) is 3.28. The number of rotatable bonds is 8. The Kier molecular flexibility index (Phi) is 7.91. The van der Waals surface area contributed by atoms with Gasteiger partial charge in [-0.1, -0.05) is 45.0 Å². The minimum absolute atomic E-state index is 0.00156. The molecule has 2 aromatic rings. The molecule has 0 aliphatic carbocycles. The van der Waals surface area contributed by atoms with Gasteiger partial charge < -0.3 is 4.90 Å². The summed E-state index contributed by atoms with van der Waals surface area (Å²) in [5.41, 5.74) is 1.74. The van der Waals surface area contributed by atoms with Crippen LogP contribution in [0.2, 0.25) is 0 Å². The second-order valence-electron chi connectivity index (χ2n) is 8.94. The molecule has 176 valence electrons. The molecule has 0 bridgehead atoms. The summed E-state index contributed by atoms with van der Waals surface area (Å²) in [6.07, 6.45) is 1.14. The molecule has 0 aliphatic heterocycles. The highest BCUT2D eigenvalue weighted by Gasteiger charge is 2.20. The van der Waals surface area contributed by atoms with Gasteiger partial charge in [-0.2, -0.15) is 0 Å². The predicted molar refractivity (Wildman–Crippen MR) is 126 cm³/mol. The van der Waals surface area contributed by atoms with Crippen molar-refractivity contribution in [1.82, 2.24) is 9.62 Å². The number of nitrogens with zero attached hydrogens (tertiary/aromatic N) is 1. The van der Waals surface area contributed by atoms with E-state index in [0.29, 0.717) is 0 Å². The summed E-state index contributed by atoms with van der Waals surface area (Å²) in [6, 6.07) is 12.8. The molecule has 0 saturated carbocycles. The molecule has 0 fully saturated rings. The lowest BCUT2D eigenvalue weighted by atomic mass is 9.87. The highest BCUT2D eigenvalue weighted by molar-refractivity contribution is 7.90. The van der Waals surface area contributed by atoms with E-state index in [-0.39, 0.29) is 40.1 Å². The molecular formula is C23H32N2O5S2. The van der Waals surface area contributed by atoms with Crippen LogP contribution < -0.4 is 4.72 Å². The van der Waals surface area contributed by atoms with Gasteiger partial charge in [-0.15, -0.1) is 0 Å². The zero-order valence-corrected chi connectivity index (χ0v) is 21.0. The first-order chi connectivity index (χ1) is 14.6. The van der Waals surface area contributed by atoms with Gasteiger partial charge in [0.1, 0.15) is 0 Å². The standard InChI is InChI=1S/C23H32N2O5S2/c1-17(18-7-11-20(12-8-18)31(6,27)28)25(5)22(26)15-16-24-32(29,30)21-13-9-19(10-14-21)23(2,3)4/h7-14,17,24H,15-16H2,1-6H3. The van der Waals surface area contributed by atoms with Crippen LogP contribution in [-0.2, 0) is 30.1 Å². The Morgan fingerprint density at radius 1 is 0.938 bits per heavy atom.